The summed E-state index contributed by atoms with van der Waals surface area (Å²) in [6, 6.07) is 43.5. The van der Waals surface area contributed by atoms with Crippen molar-refractivity contribution in [1.29, 1.82) is 0 Å². The van der Waals surface area contributed by atoms with Crippen molar-refractivity contribution in [2.24, 2.45) is 0 Å². The smallest absolute Gasteiger partial charge is 0.123 e. The fourth-order valence-corrected chi connectivity index (χ4v) is 4.47. The molecule has 0 unspecified atom stereocenters. The number of halogens is 1. The summed E-state index contributed by atoms with van der Waals surface area (Å²) >= 11 is 0. The summed E-state index contributed by atoms with van der Waals surface area (Å²) in [5.41, 5.74) is 6.95. The number of benzene rings is 6. The fraction of sp³-hybridized carbons (Fsp3) is 0. The first-order valence-electron chi connectivity index (χ1n) is 11.1. The molecule has 6 rings (SSSR count). The third-order valence-electron chi connectivity index (χ3n) is 6.32. The summed E-state index contributed by atoms with van der Waals surface area (Å²) in [6.45, 7) is 0. The molecule has 0 aliphatic carbocycles. The van der Waals surface area contributed by atoms with Crippen molar-refractivity contribution < 1.29 is 4.39 Å². The zero-order valence-corrected chi connectivity index (χ0v) is 18.0. The quantitative estimate of drug-likeness (QED) is 0.266. The van der Waals surface area contributed by atoms with Gasteiger partial charge >= 0.3 is 0 Å². The SMILES string of the molecule is Fc1ccc(-c2ccc3cc(-c4ccc(-c5ccc6ccccc6c5)cc4)ccc3c2)cc1. The van der Waals surface area contributed by atoms with Crippen LogP contribution in [0.4, 0.5) is 4.39 Å². The Hall–Kier alpha value is -4.23. The second-order valence-corrected chi connectivity index (χ2v) is 8.42. The van der Waals surface area contributed by atoms with Gasteiger partial charge in [-0.25, -0.2) is 4.39 Å². The highest BCUT2D eigenvalue weighted by atomic mass is 19.1. The molecule has 0 bridgehead atoms. The summed E-state index contributed by atoms with van der Waals surface area (Å²) in [5, 5.41) is 4.88. The molecule has 0 aliphatic heterocycles. The van der Waals surface area contributed by atoms with Gasteiger partial charge < -0.3 is 0 Å². The van der Waals surface area contributed by atoms with E-state index in [0.29, 0.717) is 0 Å². The normalized spacial score (nSPS) is 11.2. The second-order valence-electron chi connectivity index (χ2n) is 8.42. The van der Waals surface area contributed by atoms with Crippen LogP contribution in [0.2, 0.25) is 0 Å². The van der Waals surface area contributed by atoms with Gasteiger partial charge in [0.2, 0.25) is 0 Å². The molecule has 33 heavy (non-hydrogen) atoms. The fourth-order valence-electron chi connectivity index (χ4n) is 4.47. The maximum atomic E-state index is 13.2. The zero-order valence-electron chi connectivity index (χ0n) is 18.0. The van der Waals surface area contributed by atoms with Crippen LogP contribution in [0.15, 0.2) is 127 Å². The highest BCUT2D eigenvalue weighted by molar-refractivity contribution is 5.91. The Labute approximate surface area is 192 Å². The summed E-state index contributed by atoms with van der Waals surface area (Å²) < 4.78 is 13.2. The molecule has 0 radical (unpaired) electrons. The molecule has 0 nitrogen and oxygen atoms in total. The van der Waals surface area contributed by atoms with E-state index in [0.717, 1.165) is 11.1 Å². The third kappa shape index (κ3) is 3.79. The average Bonchev–Trinajstić information content (AvgIpc) is 2.88. The minimum Gasteiger partial charge on any atom is -0.207 e. The average molecular weight is 425 g/mol. The number of hydrogen-bond donors (Lipinski definition) is 0. The van der Waals surface area contributed by atoms with E-state index in [2.05, 4.69) is 103 Å². The van der Waals surface area contributed by atoms with Gasteiger partial charge in [-0.1, -0.05) is 97.1 Å². The summed E-state index contributed by atoms with van der Waals surface area (Å²) in [7, 11) is 0. The standard InChI is InChI=1S/C32H21F/c33-32-17-15-25(16-18-32)29-12-14-30-20-28(11-13-31(30)21-29)24-7-5-23(6-8-24)27-10-9-22-3-1-2-4-26(22)19-27/h1-21H. The van der Waals surface area contributed by atoms with E-state index < -0.39 is 0 Å². The lowest BCUT2D eigenvalue weighted by atomic mass is 9.96. The highest BCUT2D eigenvalue weighted by Crippen LogP contribution is 2.31. The number of hydrogen-bond acceptors (Lipinski definition) is 0. The molecular formula is C32H21F. The van der Waals surface area contributed by atoms with Crippen LogP contribution < -0.4 is 0 Å². The lowest BCUT2D eigenvalue weighted by Crippen LogP contribution is -1.83. The molecule has 0 aliphatic rings. The third-order valence-corrected chi connectivity index (χ3v) is 6.32. The van der Waals surface area contributed by atoms with Crippen molar-refractivity contribution in [3.05, 3.63) is 133 Å². The maximum Gasteiger partial charge on any atom is 0.123 e. The molecule has 0 atom stereocenters. The molecule has 0 amide bonds. The topological polar surface area (TPSA) is 0 Å². The van der Waals surface area contributed by atoms with E-state index in [4.69, 9.17) is 0 Å². The molecule has 156 valence electrons. The zero-order chi connectivity index (χ0) is 22.2. The van der Waals surface area contributed by atoms with Crippen LogP contribution in [0.1, 0.15) is 0 Å². The summed E-state index contributed by atoms with van der Waals surface area (Å²) in [4.78, 5) is 0. The Morgan fingerprint density at radius 2 is 0.636 bits per heavy atom. The van der Waals surface area contributed by atoms with Gasteiger partial charge in [0, 0.05) is 0 Å². The van der Waals surface area contributed by atoms with Gasteiger partial charge in [0.1, 0.15) is 5.82 Å². The van der Waals surface area contributed by atoms with Crippen molar-refractivity contribution in [2.75, 3.05) is 0 Å². The maximum absolute atomic E-state index is 13.2. The first-order valence-corrected chi connectivity index (χ1v) is 11.1. The van der Waals surface area contributed by atoms with Crippen molar-refractivity contribution >= 4 is 21.5 Å². The molecule has 0 saturated carbocycles. The van der Waals surface area contributed by atoms with Gasteiger partial charge in [0.25, 0.3) is 0 Å². The minimum absolute atomic E-state index is 0.212. The van der Waals surface area contributed by atoms with Gasteiger partial charge in [-0.2, -0.15) is 0 Å². The predicted octanol–water partition coefficient (Wildman–Crippen LogP) is 9.13. The molecular weight excluding hydrogens is 403 g/mol. The van der Waals surface area contributed by atoms with Crippen LogP contribution in [-0.2, 0) is 0 Å². The van der Waals surface area contributed by atoms with Crippen LogP contribution in [0.5, 0.6) is 0 Å². The second kappa shape index (κ2) is 8.03. The summed E-state index contributed by atoms with van der Waals surface area (Å²) in [6.07, 6.45) is 0. The van der Waals surface area contributed by atoms with Gasteiger partial charge in [0.15, 0.2) is 0 Å². The van der Waals surface area contributed by atoms with E-state index in [1.807, 2.05) is 12.1 Å². The predicted molar refractivity (Wildman–Crippen MR) is 138 cm³/mol. The first kappa shape index (κ1) is 19.5. The van der Waals surface area contributed by atoms with Gasteiger partial charge in [0.05, 0.1) is 0 Å². The summed E-state index contributed by atoms with van der Waals surface area (Å²) in [5.74, 6) is -0.212. The van der Waals surface area contributed by atoms with Crippen LogP contribution in [0.3, 0.4) is 0 Å². The molecule has 0 saturated heterocycles. The van der Waals surface area contributed by atoms with Crippen molar-refractivity contribution in [1.82, 2.24) is 0 Å². The Kier molecular flexibility index (Phi) is 4.74. The van der Waals surface area contributed by atoms with Gasteiger partial charge in [-0.15, -0.1) is 0 Å². The van der Waals surface area contributed by atoms with E-state index in [-0.39, 0.29) is 5.82 Å². The van der Waals surface area contributed by atoms with Gasteiger partial charge in [-0.05, 0) is 85.3 Å². The van der Waals surface area contributed by atoms with E-state index >= 15 is 0 Å². The van der Waals surface area contributed by atoms with Crippen LogP contribution in [-0.4, -0.2) is 0 Å². The molecule has 0 aromatic heterocycles. The Morgan fingerprint density at radius 1 is 0.303 bits per heavy atom. The van der Waals surface area contributed by atoms with Crippen LogP contribution in [0.25, 0.3) is 54.9 Å². The molecule has 0 fully saturated rings. The number of fused-ring (bicyclic) bond motifs is 2. The largest absolute Gasteiger partial charge is 0.207 e. The van der Waals surface area contributed by atoms with Crippen LogP contribution in [0, 0.1) is 5.82 Å². The Balaban J connectivity index is 1.30. The van der Waals surface area contributed by atoms with Gasteiger partial charge in [-0.3, -0.25) is 0 Å². The highest BCUT2D eigenvalue weighted by Gasteiger charge is 2.05. The van der Waals surface area contributed by atoms with Crippen LogP contribution >= 0.6 is 0 Å². The minimum atomic E-state index is -0.212. The lowest BCUT2D eigenvalue weighted by Gasteiger charge is -2.09. The molecule has 1 heteroatoms. The van der Waals surface area contributed by atoms with Crippen molar-refractivity contribution in [3.63, 3.8) is 0 Å². The molecule has 0 heterocycles. The molecule has 6 aromatic rings. The monoisotopic (exact) mass is 424 g/mol. The Bertz CT molecular complexity index is 1590. The first-order chi connectivity index (χ1) is 16.2. The van der Waals surface area contributed by atoms with E-state index in [1.54, 1.807) is 0 Å². The Morgan fingerprint density at radius 3 is 1.12 bits per heavy atom. The van der Waals surface area contributed by atoms with Crippen molar-refractivity contribution in [3.8, 4) is 33.4 Å². The molecule has 0 spiro atoms. The molecule has 0 N–H and O–H groups in total. The lowest BCUT2D eigenvalue weighted by molar-refractivity contribution is 0.628. The number of rotatable bonds is 3. The van der Waals surface area contributed by atoms with E-state index in [9.17, 15) is 4.39 Å². The van der Waals surface area contributed by atoms with Crippen molar-refractivity contribution in [2.45, 2.75) is 0 Å². The van der Waals surface area contributed by atoms with E-state index in [1.165, 1.54) is 55.9 Å². The molecule has 6 aromatic carbocycles.